The third kappa shape index (κ3) is 2.53. The summed E-state index contributed by atoms with van der Waals surface area (Å²) in [7, 11) is 0. The maximum atomic E-state index is 6.49. The number of piperidine rings is 1. The van der Waals surface area contributed by atoms with Gasteiger partial charge in [-0.3, -0.25) is 4.98 Å². The molecule has 0 radical (unpaired) electrons. The molecule has 1 aromatic carbocycles. The van der Waals surface area contributed by atoms with Gasteiger partial charge in [0.15, 0.2) is 5.65 Å². The average molecular weight is 398 g/mol. The molecule has 8 nitrogen and oxygen atoms in total. The Morgan fingerprint density at radius 2 is 2.10 bits per heavy atom. The first-order chi connectivity index (χ1) is 14.7. The molecule has 1 saturated heterocycles. The monoisotopic (exact) mass is 398 g/mol. The van der Waals surface area contributed by atoms with Crippen molar-refractivity contribution in [2.24, 2.45) is 11.0 Å². The number of para-hydroxylation sites is 1. The Balaban J connectivity index is 1.47. The van der Waals surface area contributed by atoms with Gasteiger partial charge in [-0.1, -0.05) is 18.2 Å². The summed E-state index contributed by atoms with van der Waals surface area (Å²) >= 11 is 0. The predicted molar refractivity (Wildman–Crippen MR) is 119 cm³/mol. The number of hydrogen-bond donors (Lipinski definition) is 2. The van der Waals surface area contributed by atoms with E-state index in [0.717, 1.165) is 58.6 Å². The van der Waals surface area contributed by atoms with E-state index in [-0.39, 0.29) is 0 Å². The fourth-order valence-electron chi connectivity index (χ4n) is 4.53. The van der Waals surface area contributed by atoms with E-state index in [1.807, 2.05) is 43.7 Å². The van der Waals surface area contributed by atoms with Crippen molar-refractivity contribution in [2.45, 2.75) is 19.4 Å². The number of nitrogens with zero attached hydrogens (tertiary/aromatic N) is 6. The Kier molecular flexibility index (Phi) is 3.68. The van der Waals surface area contributed by atoms with Crippen LogP contribution in [0.25, 0.3) is 27.7 Å². The predicted octanol–water partition coefficient (Wildman–Crippen LogP) is 2.62. The molecule has 0 aliphatic carbocycles. The Labute approximate surface area is 173 Å². The van der Waals surface area contributed by atoms with Gasteiger partial charge in [0.25, 0.3) is 0 Å². The number of anilines is 2. The second-order valence-corrected chi connectivity index (χ2v) is 8.07. The van der Waals surface area contributed by atoms with Crippen LogP contribution in [0.3, 0.4) is 0 Å². The van der Waals surface area contributed by atoms with Crippen LogP contribution in [0.1, 0.15) is 12.0 Å². The van der Waals surface area contributed by atoms with Crippen molar-refractivity contribution in [1.82, 2.24) is 25.0 Å². The molecular weight excluding hydrogens is 376 g/mol. The van der Waals surface area contributed by atoms with Crippen molar-refractivity contribution in [2.75, 3.05) is 23.7 Å². The van der Waals surface area contributed by atoms with E-state index < -0.39 is 0 Å². The van der Waals surface area contributed by atoms with Crippen LogP contribution >= 0.6 is 0 Å². The maximum absolute atomic E-state index is 6.49. The minimum atomic E-state index is 0.395. The van der Waals surface area contributed by atoms with E-state index in [9.17, 15) is 0 Å². The third-order valence-corrected chi connectivity index (χ3v) is 6.27. The number of nitrogens with one attached hydrogen (secondary N) is 1. The molecule has 3 N–H and O–H groups in total. The van der Waals surface area contributed by atoms with E-state index >= 15 is 0 Å². The van der Waals surface area contributed by atoms with Crippen molar-refractivity contribution in [1.29, 1.82) is 0 Å². The van der Waals surface area contributed by atoms with Crippen molar-refractivity contribution in [3.63, 3.8) is 0 Å². The molecule has 2 atom stereocenters. The standard InChI is InChI=1S/C22H22N8/c1-13-20(23)30-22(27-21(13)29-7-6-19-16(12-29)10-25-28-19)17(11-26-30)15-8-14-4-2-3-5-18(14)24-9-15/h2-5,8-11,16,19,28H,6-7,12,23H2,1H3. The second-order valence-electron chi connectivity index (χ2n) is 8.07. The first-order valence-corrected chi connectivity index (χ1v) is 10.2. The minimum Gasteiger partial charge on any atom is -0.383 e. The van der Waals surface area contributed by atoms with E-state index in [1.165, 1.54) is 0 Å². The topological polar surface area (TPSA) is 96.7 Å². The lowest BCUT2D eigenvalue weighted by Gasteiger charge is -2.35. The van der Waals surface area contributed by atoms with Crippen LogP contribution in [0.5, 0.6) is 0 Å². The third-order valence-electron chi connectivity index (χ3n) is 6.27. The van der Waals surface area contributed by atoms with Crippen molar-refractivity contribution >= 4 is 34.4 Å². The summed E-state index contributed by atoms with van der Waals surface area (Å²) in [5, 5.41) is 9.86. The van der Waals surface area contributed by atoms with Crippen molar-refractivity contribution < 1.29 is 0 Å². The number of pyridine rings is 1. The van der Waals surface area contributed by atoms with Gasteiger partial charge in [-0.15, -0.1) is 0 Å². The molecule has 0 amide bonds. The number of hydrogen-bond acceptors (Lipinski definition) is 7. The zero-order valence-corrected chi connectivity index (χ0v) is 16.7. The van der Waals surface area contributed by atoms with E-state index in [1.54, 1.807) is 4.52 Å². The van der Waals surface area contributed by atoms with Crippen LogP contribution in [0.15, 0.2) is 47.8 Å². The molecule has 5 heterocycles. The first kappa shape index (κ1) is 17.2. The summed E-state index contributed by atoms with van der Waals surface area (Å²) in [5.41, 5.74) is 14.3. The van der Waals surface area contributed by atoms with Crippen LogP contribution in [-0.2, 0) is 0 Å². The fraction of sp³-hybridized carbons (Fsp3) is 0.273. The molecule has 2 aliphatic rings. The Hall–Kier alpha value is -3.68. The summed E-state index contributed by atoms with van der Waals surface area (Å²) in [4.78, 5) is 12.0. The van der Waals surface area contributed by atoms with Crippen LogP contribution in [0.4, 0.5) is 11.6 Å². The normalized spacial score (nSPS) is 20.6. The van der Waals surface area contributed by atoms with Crippen LogP contribution in [-0.4, -0.2) is 44.9 Å². The molecule has 3 aromatic heterocycles. The number of fused-ring (bicyclic) bond motifs is 3. The molecule has 0 spiro atoms. The molecule has 2 aliphatic heterocycles. The van der Waals surface area contributed by atoms with Gasteiger partial charge < -0.3 is 16.1 Å². The lowest BCUT2D eigenvalue weighted by Crippen LogP contribution is -2.46. The van der Waals surface area contributed by atoms with Crippen molar-refractivity contribution in [3.05, 3.63) is 48.3 Å². The fourth-order valence-corrected chi connectivity index (χ4v) is 4.53. The number of hydrazone groups is 1. The molecular formula is C22H22N8. The van der Waals surface area contributed by atoms with Gasteiger partial charge in [-0.05, 0) is 25.5 Å². The zero-order chi connectivity index (χ0) is 20.2. The number of nitrogen functional groups attached to an aromatic ring is 1. The summed E-state index contributed by atoms with van der Waals surface area (Å²) in [6.07, 6.45) is 6.74. The highest BCUT2D eigenvalue weighted by molar-refractivity contribution is 5.87. The van der Waals surface area contributed by atoms with Gasteiger partial charge in [0, 0.05) is 53.5 Å². The Morgan fingerprint density at radius 3 is 3.03 bits per heavy atom. The van der Waals surface area contributed by atoms with E-state index in [0.29, 0.717) is 17.8 Å². The number of rotatable bonds is 2. The van der Waals surface area contributed by atoms with Gasteiger partial charge in [-0.2, -0.15) is 14.7 Å². The van der Waals surface area contributed by atoms with Gasteiger partial charge in [0.1, 0.15) is 11.6 Å². The second kappa shape index (κ2) is 6.41. The van der Waals surface area contributed by atoms with Crippen LogP contribution in [0.2, 0.25) is 0 Å². The molecule has 0 saturated carbocycles. The summed E-state index contributed by atoms with van der Waals surface area (Å²) < 4.78 is 1.73. The van der Waals surface area contributed by atoms with Gasteiger partial charge in [-0.25, -0.2) is 4.98 Å². The molecule has 1 fully saturated rings. The molecule has 0 bridgehead atoms. The first-order valence-electron chi connectivity index (χ1n) is 10.2. The molecule has 150 valence electrons. The smallest absolute Gasteiger partial charge is 0.167 e. The molecule has 4 aromatic rings. The SMILES string of the molecule is Cc1c(N2CCC3NN=CC3C2)nc2c(-c3cnc4ccccc4c3)cnn2c1N. The van der Waals surface area contributed by atoms with Crippen LogP contribution in [0, 0.1) is 12.8 Å². The number of nitrogens with two attached hydrogens (primary N) is 1. The summed E-state index contributed by atoms with van der Waals surface area (Å²) in [6, 6.07) is 10.6. The van der Waals surface area contributed by atoms with Crippen LogP contribution < -0.4 is 16.1 Å². The highest BCUT2D eigenvalue weighted by atomic mass is 15.4. The summed E-state index contributed by atoms with van der Waals surface area (Å²) in [6.45, 7) is 3.82. The lowest BCUT2D eigenvalue weighted by atomic mass is 9.94. The number of benzene rings is 1. The van der Waals surface area contributed by atoms with Gasteiger partial charge >= 0.3 is 0 Å². The quantitative estimate of drug-likeness (QED) is 0.539. The molecule has 2 unspecified atom stereocenters. The average Bonchev–Trinajstić information content (AvgIpc) is 3.42. The zero-order valence-electron chi connectivity index (χ0n) is 16.7. The molecule has 30 heavy (non-hydrogen) atoms. The maximum Gasteiger partial charge on any atom is 0.167 e. The minimum absolute atomic E-state index is 0.395. The van der Waals surface area contributed by atoms with Gasteiger partial charge in [0.2, 0.25) is 0 Å². The van der Waals surface area contributed by atoms with E-state index in [2.05, 4.69) is 37.6 Å². The van der Waals surface area contributed by atoms with E-state index in [4.69, 9.17) is 10.7 Å². The Bertz CT molecular complexity index is 1310. The molecule has 6 rings (SSSR count). The highest BCUT2D eigenvalue weighted by Crippen LogP contribution is 2.33. The largest absolute Gasteiger partial charge is 0.383 e. The lowest BCUT2D eigenvalue weighted by molar-refractivity contribution is 0.401. The molecule has 8 heteroatoms. The number of aromatic nitrogens is 4. The summed E-state index contributed by atoms with van der Waals surface area (Å²) in [5.74, 6) is 1.94. The highest BCUT2D eigenvalue weighted by Gasteiger charge is 2.32. The van der Waals surface area contributed by atoms with Crippen molar-refractivity contribution in [3.8, 4) is 11.1 Å². The van der Waals surface area contributed by atoms with Gasteiger partial charge in [0.05, 0.1) is 17.8 Å². The Morgan fingerprint density at radius 1 is 1.20 bits per heavy atom.